The molecule has 0 fully saturated rings. The van der Waals surface area contributed by atoms with Gasteiger partial charge in [0.25, 0.3) is 0 Å². The van der Waals surface area contributed by atoms with Crippen LogP contribution in [0.4, 0.5) is 0 Å². The van der Waals surface area contributed by atoms with Gasteiger partial charge in [-0.05, 0) is 30.0 Å². The number of rotatable bonds is 6. The van der Waals surface area contributed by atoms with Gasteiger partial charge in [-0.15, -0.1) is 22.7 Å². The Morgan fingerprint density at radius 1 is 1.37 bits per heavy atom. The number of ether oxygens (including phenoxy) is 1. The van der Waals surface area contributed by atoms with Crippen molar-refractivity contribution in [2.24, 2.45) is 0 Å². The molecule has 0 saturated heterocycles. The van der Waals surface area contributed by atoms with Gasteiger partial charge >= 0.3 is 5.97 Å². The minimum Gasteiger partial charge on any atom is -0.468 e. The van der Waals surface area contributed by atoms with Gasteiger partial charge in [-0.25, -0.2) is 4.79 Å². The van der Waals surface area contributed by atoms with Crippen molar-refractivity contribution in [2.45, 2.75) is 25.9 Å². The Morgan fingerprint density at radius 2 is 2.21 bits per heavy atom. The Labute approximate surface area is 121 Å². The smallest absolute Gasteiger partial charge is 0.328 e. The van der Waals surface area contributed by atoms with Crippen molar-refractivity contribution in [3.63, 3.8) is 0 Å². The minimum absolute atomic E-state index is 0.235. The van der Waals surface area contributed by atoms with Crippen molar-refractivity contribution >= 4 is 28.6 Å². The van der Waals surface area contributed by atoms with Crippen LogP contribution < -0.4 is 5.32 Å². The molecule has 0 aliphatic carbocycles. The lowest BCUT2D eigenvalue weighted by Crippen LogP contribution is -2.28. The lowest BCUT2D eigenvalue weighted by Gasteiger charge is -2.14. The van der Waals surface area contributed by atoms with Crippen molar-refractivity contribution in [2.75, 3.05) is 7.11 Å². The van der Waals surface area contributed by atoms with Crippen molar-refractivity contribution in [1.82, 2.24) is 5.32 Å². The summed E-state index contributed by atoms with van der Waals surface area (Å²) in [5.74, 6) is -0.235. The predicted molar refractivity (Wildman–Crippen MR) is 79.6 cm³/mol. The molecule has 2 aromatic heterocycles. The van der Waals surface area contributed by atoms with Crippen molar-refractivity contribution in [1.29, 1.82) is 0 Å². The van der Waals surface area contributed by atoms with Crippen LogP contribution in [-0.4, -0.2) is 13.1 Å². The molecule has 102 valence electrons. The molecule has 0 amide bonds. The van der Waals surface area contributed by atoms with Crippen LogP contribution in [0, 0.1) is 0 Å². The first-order valence-corrected chi connectivity index (χ1v) is 7.86. The molecule has 1 N–H and O–H groups in total. The Hall–Kier alpha value is -1.17. The van der Waals surface area contributed by atoms with Gasteiger partial charge in [-0.2, -0.15) is 0 Å². The molecule has 0 radical (unpaired) electrons. The van der Waals surface area contributed by atoms with Crippen molar-refractivity contribution in [3.05, 3.63) is 44.3 Å². The molecule has 0 saturated carbocycles. The lowest BCUT2D eigenvalue weighted by atomic mass is 10.2. The SMILES string of the molecule is CCc1ccc(C(NCc2cccs2)C(=O)OC)s1. The number of hydrogen-bond acceptors (Lipinski definition) is 5. The number of thiophene rings is 2. The fourth-order valence-electron chi connectivity index (χ4n) is 1.77. The average molecular weight is 295 g/mol. The first-order valence-electron chi connectivity index (χ1n) is 6.16. The van der Waals surface area contributed by atoms with Crippen LogP contribution in [0.25, 0.3) is 0 Å². The first-order chi connectivity index (χ1) is 9.24. The van der Waals surface area contributed by atoms with E-state index < -0.39 is 0 Å². The number of hydrogen-bond donors (Lipinski definition) is 1. The van der Waals surface area contributed by atoms with Gasteiger partial charge in [0.1, 0.15) is 6.04 Å². The zero-order valence-electron chi connectivity index (χ0n) is 11.0. The summed E-state index contributed by atoms with van der Waals surface area (Å²) in [7, 11) is 1.43. The standard InChI is InChI=1S/C14H17NO2S2/c1-3-10-6-7-12(19-10)13(14(16)17-2)15-9-11-5-4-8-18-11/h4-8,13,15H,3,9H2,1-2H3. The fourth-order valence-corrected chi connectivity index (χ4v) is 3.45. The van der Waals surface area contributed by atoms with Crippen LogP contribution in [0.3, 0.4) is 0 Å². The summed E-state index contributed by atoms with van der Waals surface area (Å²) in [4.78, 5) is 15.4. The number of carbonyl (C=O) groups excluding carboxylic acids is 1. The molecule has 2 rings (SSSR count). The van der Waals surface area contributed by atoms with E-state index in [1.54, 1.807) is 22.7 Å². The molecule has 0 bridgehead atoms. The van der Waals surface area contributed by atoms with Crippen molar-refractivity contribution in [3.8, 4) is 0 Å². The summed E-state index contributed by atoms with van der Waals surface area (Å²) in [5.41, 5.74) is 0. The Kier molecular flexibility index (Phi) is 5.13. The maximum Gasteiger partial charge on any atom is 0.328 e. The molecule has 1 unspecified atom stereocenters. The molecule has 0 aromatic carbocycles. The van der Waals surface area contributed by atoms with E-state index in [2.05, 4.69) is 24.4 Å². The zero-order chi connectivity index (χ0) is 13.7. The van der Waals surface area contributed by atoms with E-state index in [0.717, 1.165) is 11.3 Å². The van der Waals surface area contributed by atoms with Crippen LogP contribution in [-0.2, 0) is 22.5 Å². The van der Waals surface area contributed by atoms with Crippen LogP contribution in [0.5, 0.6) is 0 Å². The second-order valence-electron chi connectivity index (χ2n) is 4.07. The number of methoxy groups -OCH3 is 1. The fraction of sp³-hybridized carbons (Fsp3) is 0.357. The summed E-state index contributed by atoms with van der Waals surface area (Å²) in [5, 5.41) is 5.31. The van der Waals surface area contributed by atoms with Gasteiger partial charge in [0.05, 0.1) is 7.11 Å². The normalized spacial score (nSPS) is 12.3. The quantitative estimate of drug-likeness (QED) is 0.830. The van der Waals surface area contributed by atoms with E-state index in [0.29, 0.717) is 6.54 Å². The predicted octanol–water partition coefficient (Wildman–Crippen LogP) is 3.38. The van der Waals surface area contributed by atoms with Gasteiger partial charge in [0.2, 0.25) is 0 Å². The highest BCUT2D eigenvalue weighted by atomic mass is 32.1. The first kappa shape index (κ1) is 14.2. The van der Waals surface area contributed by atoms with Crippen LogP contribution in [0.15, 0.2) is 29.6 Å². The maximum atomic E-state index is 11.9. The summed E-state index contributed by atoms with van der Waals surface area (Å²) < 4.78 is 4.89. The van der Waals surface area contributed by atoms with E-state index in [9.17, 15) is 4.79 Å². The second-order valence-corrected chi connectivity index (χ2v) is 6.31. The van der Waals surface area contributed by atoms with E-state index in [1.807, 2.05) is 17.5 Å². The van der Waals surface area contributed by atoms with Gasteiger partial charge in [-0.3, -0.25) is 5.32 Å². The monoisotopic (exact) mass is 295 g/mol. The number of carbonyl (C=O) groups is 1. The van der Waals surface area contributed by atoms with E-state index in [-0.39, 0.29) is 12.0 Å². The molecule has 5 heteroatoms. The molecule has 0 spiro atoms. The van der Waals surface area contributed by atoms with Crippen molar-refractivity contribution < 1.29 is 9.53 Å². The topological polar surface area (TPSA) is 38.3 Å². The number of aryl methyl sites for hydroxylation is 1. The third kappa shape index (κ3) is 3.65. The van der Waals surface area contributed by atoms with E-state index in [4.69, 9.17) is 4.74 Å². The molecule has 2 heterocycles. The molecular weight excluding hydrogens is 278 g/mol. The molecule has 3 nitrogen and oxygen atoms in total. The Morgan fingerprint density at radius 3 is 2.79 bits per heavy atom. The van der Waals surface area contributed by atoms with E-state index >= 15 is 0 Å². The van der Waals surface area contributed by atoms with Gasteiger partial charge in [-0.1, -0.05) is 13.0 Å². The number of nitrogens with one attached hydrogen (secondary N) is 1. The molecule has 2 aromatic rings. The highest BCUT2D eigenvalue weighted by molar-refractivity contribution is 7.12. The van der Waals surface area contributed by atoms with Gasteiger partial charge in [0, 0.05) is 21.2 Å². The summed E-state index contributed by atoms with van der Waals surface area (Å²) in [6, 6.07) is 7.76. The zero-order valence-corrected chi connectivity index (χ0v) is 12.6. The summed E-state index contributed by atoms with van der Waals surface area (Å²) >= 11 is 3.34. The van der Waals surface area contributed by atoms with Crippen LogP contribution in [0.2, 0.25) is 0 Å². The maximum absolute atomic E-state index is 11.9. The van der Waals surface area contributed by atoms with Crippen LogP contribution in [0.1, 0.15) is 27.6 Å². The highest BCUT2D eigenvalue weighted by Gasteiger charge is 2.22. The second kappa shape index (κ2) is 6.84. The molecule has 1 atom stereocenters. The van der Waals surface area contributed by atoms with Crippen LogP contribution >= 0.6 is 22.7 Å². The lowest BCUT2D eigenvalue weighted by molar-refractivity contribution is -0.143. The Bertz CT molecular complexity index is 519. The molecular formula is C14H17NO2S2. The Balaban J connectivity index is 2.09. The van der Waals surface area contributed by atoms with E-state index in [1.165, 1.54) is 16.9 Å². The van der Waals surface area contributed by atoms with Gasteiger partial charge in [0.15, 0.2) is 0 Å². The minimum atomic E-state index is -0.377. The molecule has 0 aliphatic heterocycles. The molecule has 0 aliphatic rings. The third-order valence-corrected chi connectivity index (χ3v) is 4.98. The molecule has 19 heavy (non-hydrogen) atoms. The highest BCUT2D eigenvalue weighted by Crippen LogP contribution is 2.25. The average Bonchev–Trinajstić information content (AvgIpc) is 3.09. The van der Waals surface area contributed by atoms with Gasteiger partial charge < -0.3 is 4.74 Å². The third-order valence-electron chi connectivity index (χ3n) is 2.81. The summed E-state index contributed by atoms with van der Waals surface area (Å²) in [6.07, 6.45) is 0.990. The summed E-state index contributed by atoms with van der Waals surface area (Å²) in [6.45, 7) is 2.79. The largest absolute Gasteiger partial charge is 0.468 e. The number of esters is 1.